The van der Waals surface area contributed by atoms with Crippen LogP contribution in [0.3, 0.4) is 0 Å². The van der Waals surface area contributed by atoms with Gasteiger partial charge >= 0.3 is 5.97 Å². The molecule has 1 N–H and O–H groups in total. The van der Waals surface area contributed by atoms with Gasteiger partial charge in [0.25, 0.3) is 0 Å². The summed E-state index contributed by atoms with van der Waals surface area (Å²) in [5.74, 6) is -0.455. The Morgan fingerprint density at radius 3 is 2.50 bits per heavy atom. The predicted octanol–water partition coefficient (Wildman–Crippen LogP) is 2.15. The Kier molecular flexibility index (Phi) is 8.21. The monoisotopic (exact) mass is 227 g/mol. The van der Waals surface area contributed by atoms with Crippen molar-refractivity contribution in [2.45, 2.75) is 46.5 Å². The van der Waals surface area contributed by atoms with Crippen LogP contribution in [0.1, 0.15) is 46.5 Å². The fraction of sp³-hybridized carbons (Fsp3) is 0.667. The van der Waals surface area contributed by atoms with E-state index in [4.69, 9.17) is 4.74 Å². The van der Waals surface area contributed by atoms with Crippen molar-refractivity contribution in [3.05, 3.63) is 11.3 Å². The second-order valence-electron chi connectivity index (χ2n) is 3.60. The highest BCUT2D eigenvalue weighted by atomic mass is 16.5. The number of hydrogen-bond donors (Lipinski definition) is 1. The van der Waals surface area contributed by atoms with Gasteiger partial charge in [0.1, 0.15) is 5.70 Å². The molecule has 0 spiro atoms. The maximum atomic E-state index is 11.5. The molecule has 0 aromatic rings. The lowest BCUT2D eigenvalue weighted by Crippen LogP contribution is -2.22. The Morgan fingerprint density at radius 2 is 2.00 bits per heavy atom. The van der Waals surface area contributed by atoms with Gasteiger partial charge in [-0.3, -0.25) is 4.79 Å². The molecule has 0 bridgehead atoms. The first-order chi connectivity index (χ1) is 7.67. The first-order valence-electron chi connectivity index (χ1n) is 5.74. The average Bonchev–Trinajstić information content (AvgIpc) is 2.26. The Bertz CT molecular complexity index is 259. The van der Waals surface area contributed by atoms with Crippen molar-refractivity contribution in [3.8, 4) is 0 Å². The van der Waals surface area contributed by atoms with E-state index >= 15 is 0 Å². The summed E-state index contributed by atoms with van der Waals surface area (Å²) in [7, 11) is 0. The molecule has 0 fully saturated rings. The number of allylic oxidation sites excluding steroid dienone is 1. The van der Waals surface area contributed by atoms with E-state index in [0.717, 1.165) is 31.3 Å². The third kappa shape index (κ3) is 5.53. The Balaban J connectivity index is 4.50. The van der Waals surface area contributed by atoms with E-state index in [1.165, 1.54) is 0 Å². The van der Waals surface area contributed by atoms with Crippen LogP contribution in [0.4, 0.5) is 0 Å². The summed E-state index contributed by atoms with van der Waals surface area (Å²) in [5, 5.41) is 2.42. The zero-order valence-corrected chi connectivity index (χ0v) is 10.3. The van der Waals surface area contributed by atoms with E-state index in [2.05, 4.69) is 12.2 Å². The molecule has 0 aromatic carbocycles. The molecule has 1 amide bonds. The zero-order valence-electron chi connectivity index (χ0n) is 10.3. The van der Waals surface area contributed by atoms with E-state index in [0.29, 0.717) is 13.0 Å². The first-order valence-corrected chi connectivity index (χ1v) is 5.74. The minimum Gasteiger partial charge on any atom is -0.461 e. The standard InChI is InChI=1S/C12H21NO3/c1-4-6-7-8-10(3)11(13-9-14)12(15)16-5-2/h9H,4-8H2,1-3H3,(H,13,14)/b11-10+. The van der Waals surface area contributed by atoms with Crippen LogP contribution in [0.2, 0.25) is 0 Å². The van der Waals surface area contributed by atoms with Crippen LogP contribution < -0.4 is 5.32 Å². The summed E-state index contributed by atoms with van der Waals surface area (Å²) < 4.78 is 4.87. The summed E-state index contributed by atoms with van der Waals surface area (Å²) >= 11 is 0. The van der Waals surface area contributed by atoms with Gasteiger partial charge in [-0.1, -0.05) is 19.8 Å². The number of carbonyl (C=O) groups is 2. The molecule has 0 heterocycles. The van der Waals surface area contributed by atoms with Crippen molar-refractivity contribution in [1.82, 2.24) is 5.32 Å². The van der Waals surface area contributed by atoms with Gasteiger partial charge in [0.15, 0.2) is 0 Å². The predicted molar refractivity (Wildman–Crippen MR) is 62.7 cm³/mol. The lowest BCUT2D eigenvalue weighted by atomic mass is 10.1. The number of esters is 1. The number of carbonyl (C=O) groups excluding carboxylic acids is 2. The van der Waals surface area contributed by atoms with Gasteiger partial charge in [0, 0.05) is 0 Å². The molecular formula is C12H21NO3. The second-order valence-corrected chi connectivity index (χ2v) is 3.60. The molecule has 0 aromatic heterocycles. The fourth-order valence-corrected chi connectivity index (χ4v) is 1.38. The highest BCUT2D eigenvalue weighted by Gasteiger charge is 2.13. The van der Waals surface area contributed by atoms with E-state index in [-0.39, 0.29) is 5.70 Å². The fourth-order valence-electron chi connectivity index (χ4n) is 1.38. The molecule has 0 saturated heterocycles. The number of nitrogens with one attached hydrogen (secondary N) is 1. The van der Waals surface area contributed by atoms with E-state index in [9.17, 15) is 9.59 Å². The molecule has 0 aliphatic carbocycles. The maximum absolute atomic E-state index is 11.5. The van der Waals surface area contributed by atoms with Crippen molar-refractivity contribution in [2.75, 3.05) is 6.61 Å². The summed E-state index contributed by atoms with van der Waals surface area (Å²) in [6.07, 6.45) is 4.59. The molecule has 4 heteroatoms. The Labute approximate surface area is 97.1 Å². The van der Waals surface area contributed by atoms with Gasteiger partial charge in [-0.15, -0.1) is 0 Å². The summed E-state index contributed by atoms with van der Waals surface area (Å²) in [5.41, 5.74) is 1.16. The number of unbranched alkanes of at least 4 members (excludes halogenated alkanes) is 2. The summed E-state index contributed by atoms with van der Waals surface area (Å²) in [4.78, 5) is 21.9. The van der Waals surface area contributed by atoms with E-state index in [1.807, 2.05) is 6.92 Å². The average molecular weight is 227 g/mol. The van der Waals surface area contributed by atoms with Crippen molar-refractivity contribution in [2.24, 2.45) is 0 Å². The van der Waals surface area contributed by atoms with Gasteiger partial charge in [0.05, 0.1) is 6.61 Å². The highest BCUT2D eigenvalue weighted by molar-refractivity contribution is 5.90. The highest BCUT2D eigenvalue weighted by Crippen LogP contribution is 2.12. The van der Waals surface area contributed by atoms with E-state index in [1.54, 1.807) is 6.92 Å². The Morgan fingerprint density at radius 1 is 1.31 bits per heavy atom. The smallest absolute Gasteiger partial charge is 0.354 e. The van der Waals surface area contributed by atoms with Gasteiger partial charge in [-0.2, -0.15) is 0 Å². The first kappa shape index (κ1) is 14.7. The van der Waals surface area contributed by atoms with Crippen molar-refractivity contribution < 1.29 is 14.3 Å². The molecule has 16 heavy (non-hydrogen) atoms. The molecule has 0 unspecified atom stereocenters. The molecular weight excluding hydrogens is 206 g/mol. The van der Waals surface area contributed by atoms with E-state index < -0.39 is 5.97 Å². The van der Waals surface area contributed by atoms with Crippen molar-refractivity contribution >= 4 is 12.4 Å². The normalized spacial score (nSPS) is 11.7. The van der Waals surface area contributed by atoms with Gasteiger partial charge in [-0.05, 0) is 32.3 Å². The SMILES string of the molecule is CCCCC/C(C)=C(/NC=O)C(=O)OCC. The van der Waals surface area contributed by atoms with Crippen LogP contribution >= 0.6 is 0 Å². The van der Waals surface area contributed by atoms with Crippen LogP contribution in [0.5, 0.6) is 0 Å². The number of hydrogen-bond acceptors (Lipinski definition) is 3. The molecule has 4 nitrogen and oxygen atoms in total. The van der Waals surface area contributed by atoms with Crippen LogP contribution in [0, 0.1) is 0 Å². The summed E-state index contributed by atoms with van der Waals surface area (Å²) in [6, 6.07) is 0. The third-order valence-electron chi connectivity index (χ3n) is 2.26. The van der Waals surface area contributed by atoms with Gasteiger partial charge < -0.3 is 10.1 Å². The number of ether oxygens (including phenoxy) is 1. The molecule has 0 rings (SSSR count). The molecule has 0 atom stereocenters. The largest absolute Gasteiger partial charge is 0.461 e. The zero-order chi connectivity index (χ0) is 12.4. The molecule has 92 valence electrons. The van der Waals surface area contributed by atoms with Crippen LogP contribution in [-0.4, -0.2) is 19.0 Å². The number of rotatable bonds is 8. The summed E-state index contributed by atoms with van der Waals surface area (Å²) in [6.45, 7) is 6.02. The van der Waals surface area contributed by atoms with Crippen LogP contribution in [0.25, 0.3) is 0 Å². The quantitative estimate of drug-likeness (QED) is 0.299. The Hall–Kier alpha value is -1.32. The molecule has 0 radical (unpaired) electrons. The minimum atomic E-state index is -0.455. The maximum Gasteiger partial charge on any atom is 0.354 e. The van der Waals surface area contributed by atoms with Crippen LogP contribution in [0.15, 0.2) is 11.3 Å². The lowest BCUT2D eigenvalue weighted by Gasteiger charge is -2.09. The molecule has 0 saturated carbocycles. The molecule has 0 aliphatic rings. The second kappa shape index (κ2) is 8.95. The van der Waals surface area contributed by atoms with Crippen molar-refractivity contribution in [3.63, 3.8) is 0 Å². The molecule has 0 aliphatic heterocycles. The lowest BCUT2D eigenvalue weighted by molar-refractivity contribution is -0.139. The number of amides is 1. The van der Waals surface area contributed by atoms with Crippen LogP contribution in [-0.2, 0) is 14.3 Å². The topological polar surface area (TPSA) is 55.4 Å². The minimum absolute atomic E-state index is 0.285. The third-order valence-corrected chi connectivity index (χ3v) is 2.26. The van der Waals surface area contributed by atoms with Crippen molar-refractivity contribution in [1.29, 1.82) is 0 Å². The van der Waals surface area contributed by atoms with Gasteiger partial charge in [-0.25, -0.2) is 4.79 Å². The van der Waals surface area contributed by atoms with Gasteiger partial charge in [0.2, 0.25) is 6.41 Å².